The Bertz CT molecular complexity index is 255. The van der Waals surface area contributed by atoms with Crippen molar-refractivity contribution in [3.8, 4) is 0 Å². The summed E-state index contributed by atoms with van der Waals surface area (Å²) < 4.78 is 5.20. The van der Waals surface area contributed by atoms with Gasteiger partial charge < -0.3 is 10.5 Å². The van der Waals surface area contributed by atoms with Crippen LogP contribution in [0.1, 0.15) is 51.9 Å². The predicted octanol–water partition coefficient (Wildman–Crippen LogP) is 2.80. The fraction of sp³-hybridized carbons (Fsp3) is 0.786. The predicted molar refractivity (Wildman–Crippen MR) is 69.6 cm³/mol. The Morgan fingerprint density at radius 1 is 1.47 bits per heavy atom. The lowest BCUT2D eigenvalue weighted by atomic mass is 9.91. The van der Waals surface area contributed by atoms with Crippen molar-refractivity contribution in [2.45, 2.75) is 51.9 Å². The Morgan fingerprint density at radius 3 is 2.88 bits per heavy atom. The topological polar surface area (TPSA) is 52.3 Å². The van der Waals surface area contributed by atoms with E-state index in [2.05, 4.69) is 6.92 Å². The average Bonchev–Trinajstić information content (AvgIpc) is 2.37. The van der Waals surface area contributed by atoms with Crippen LogP contribution in [-0.4, -0.2) is 18.9 Å². The molecule has 0 amide bonds. The van der Waals surface area contributed by atoms with Crippen molar-refractivity contribution in [2.24, 2.45) is 11.7 Å². The van der Waals surface area contributed by atoms with Crippen molar-refractivity contribution in [2.75, 3.05) is 13.2 Å². The second-order valence-corrected chi connectivity index (χ2v) is 4.81. The van der Waals surface area contributed by atoms with Crippen LogP contribution in [0.3, 0.4) is 0 Å². The molecule has 1 heterocycles. The molecule has 17 heavy (non-hydrogen) atoms. The molecule has 0 fully saturated rings. The van der Waals surface area contributed by atoms with Crippen molar-refractivity contribution < 1.29 is 9.53 Å². The second kappa shape index (κ2) is 8.29. The molecule has 0 aliphatic carbocycles. The fourth-order valence-corrected chi connectivity index (χ4v) is 2.34. The van der Waals surface area contributed by atoms with Crippen LogP contribution in [0.5, 0.6) is 0 Å². The molecule has 1 atom stereocenters. The molecule has 0 saturated heterocycles. The first kappa shape index (κ1) is 14.2. The minimum Gasteiger partial charge on any atom is -0.501 e. The SMILES string of the molecule is CCCC(CCN)CCC(=O)C1=COCCC1. The molecule has 0 radical (unpaired) electrons. The maximum atomic E-state index is 11.9. The molecule has 1 aliphatic rings. The summed E-state index contributed by atoms with van der Waals surface area (Å²) in [5, 5.41) is 0. The lowest BCUT2D eigenvalue weighted by Crippen LogP contribution is -2.13. The second-order valence-electron chi connectivity index (χ2n) is 4.81. The zero-order valence-electron chi connectivity index (χ0n) is 10.9. The smallest absolute Gasteiger partial charge is 0.161 e. The van der Waals surface area contributed by atoms with Gasteiger partial charge in [-0.2, -0.15) is 0 Å². The number of ketones is 1. The fourth-order valence-electron chi connectivity index (χ4n) is 2.34. The number of carbonyl (C=O) groups excluding carboxylic acids is 1. The number of ether oxygens (including phenoxy) is 1. The summed E-state index contributed by atoms with van der Waals surface area (Å²) in [4.78, 5) is 11.9. The molecule has 0 aromatic carbocycles. The highest BCUT2D eigenvalue weighted by Crippen LogP contribution is 2.20. The Balaban J connectivity index is 2.31. The molecular weight excluding hydrogens is 214 g/mol. The third-order valence-corrected chi connectivity index (χ3v) is 3.34. The summed E-state index contributed by atoms with van der Waals surface area (Å²) in [6, 6.07) is 0. The summed E-state index contributed by atoms with van der Waals surface area (Å²) in [5.41, 5.74) is 6.47. The average molecular weight is 239 g/mol. The molecule has 3 nitrogen and oxygen atoms in total. The summed E-state index contributed by atoms with van der Waals surface area (Å²) in [6.45, 7) is 3.66. The van der Waals surface area contributed by atoms with Crippen molar-refractivity contribution >= 4 is 5.78 Å². The first-order valence-corrected chi connectivity index (χ1v) is 6.81. The van der Waals surface area contributed by atoms with Crippen molar-refractivity contribution in [1.29, 1.82) is 0 Å². The van der Waals surface area contributed by atoms with Crippen molar-refractivity contribution in [3.05, 3.63) is 11.8 Å². The molecule has 3 heteroatoms. The molecule has 1 aliphatic heterocycles. The highest BCUT2D eigenvalue weighted by molar-refractivity contribution is 5.95. The van der Waals surface area contributed by atoms with Crippen LogP contribution in [0.15, 0.2) is 11.8 Å². The van der Waals surface area contributed by atoms with Crippen molar-refractivity contribution in [1.82, 2.24) is 0 Å². The van der Waals surface area contributed by atoms with Crippen LogP contribution in [0.2, 0.25) is 0 Å². The zero-order valence-corrected chi connectivity index (χ0v) is 10.9. The molecule has 0 aromatic rings. The molecule has 98 valence electrons. The lowest BCUT2D eigenvalue weighted by Gasteiger charge is -2.16. The summed E-state index contributed by atoms with van der Waals surface area (Å²) >= 11 is 0. The van der Waals surface area contributed by atoms with E-state index in [-0.39, 0.29) is 5.78 Å². The third kappa shape index (κ3) is 5.35. The number of nitrogens with two attached hydrogens (primary N) is 1. The Labute approximate surface area is 104 Å². The zero-order chi connectivity index (χ0) is 12.5. The minimum atomic E-state index is 0.267. The van der Waals surface area contributed by atoms with Crippen molar-refractivity contribution in [3.63, 3.8) is 0 Å². The van der Waals surface area contributed by atoms with Gasteiger partial charge in [0, 0.05) is 12.0 Å². The first-order valence-electron chi connectivity index (χ1n) is 6.81. The largest absolute Gasteiger partial charge is 0.501 e. The molecule has 0 aromatic heterocycles. The standard InChI is InChI=1S/C14H25NO2/c1-2-4-12(8-9-15)6-7-14(16)13-5-3-10-17-11-13/h11-12H,2-10,15H2,1H3. The summed E-state index contributed by atoms with van der Waals surface area (Å²) in [6.07, 6.45) is 8.53. The first-order chi connectivity index (χ1) is 8.27. The number of hydrogen-bond donors (Lipinski definition) is 1. The monoisotopic (exact) mass is 239 g/mol. The minimum absolute atomic E-state index is 0.267. The van der Waals surface area contributed by atoms with Gasteiger partial charge in [-0.3, -0.25) is 4.79 Å². The molecule has 1 rings (SSSR count). The highest BCUT2D eigenvalue weighted by atomic mass is 16.5. The van der Waals surface area contributed by atoms with Crippen LogP contribution >= 0.6 is 0 Å². The molecule has 2 N–H and O–H groups in total. The van der Waals surface area contributed by atoms with Crippen LogP contribution in [0.25, 0.3) is 0 Å². The van der Waals surface area contributed by atoms with E-state index >= 15 is 0 Å². The van der Waals surface area contributed by atoms with Crippen LogP contribution in [0, 0.1) is 5.92 Å². The maximum Gasteiger partial charge on any atom is 0.161 e. The van der Waals surface area contributed by atoms with E-state index in [1.165, 1.54) is 12.8 Å². The van der Waals surface area contributed by atoms with E-state index < -0.39 is 0 Å². The van der Waals surface area contributed by atoms with E-state index in [1.54, 1.807) is 6.26 Å². The molecule has 0 spiro atoms. The van der Waals surface area contributed by atoms with Gasteiger partial charge >= 0.3 is 0 Å². The highest BCUT2D eigenvalue weighted by Gasteiger charge is 2.15. The molecule has 0 saturated carbocycles. The van der Waals surface area contributed by atoms with E-state index in [0.717, 1.165) is 44.4 Å². The van der Waals surface area contributed by atoms with Crippen LogP contribution in [-0.2, 0) is 9.53 Å². The van der Waals surface area contributed by atoms with Crippen LogP contribution < -0.4 is 5.73 Å². The van der Waals surface area contributed by atoms with Gasteiger partial charge in [0.2, 0.25) is 0 Å². The number of rotatable bonds is 8. The molecular formula is C14H25NO2. The summed E-state index contributed by atoms with van der Waals surface area (Å²) in [5.74, 6) is 0.877. The quantitative estimate of drug-likeness (QED) is 0.708. The Hall–Kier alpha value is -0.830. The van der Waals surface area contributed by atoms with Gasteiger partial charge in [0.25, 0.3) is 0 Å². The van der Waals surface area contributed by atoms with Gasteiger partial charge in [-0.25, -0.2) is 0 Å². The van der Waals surface area contributed by atoms with Gasteiger partial charge in [-0.15, -0.1) is 0 Å². The number of allylic oxidation sites excluding steroid dienone is 1. The van der Waals surface area contributed by atoms with Gasteiger partial charge in [-0.05, 0) is 38.1 Å². The summed E-state index contributed by atoms with van der Waals surface area (Å²) in [7, 11) is 0. The number of carbonyl (C=O) groups is 1. The van der Waals surface area contributed by atoms with Gasteiger partial charge in [0.1, 0.15) is 0 Å². The van der Waals surface area contributed by atoms with E-state index in [0.29, 0.717) is 12.3 Å². The lowest BCUT2D eigenvalue weighted by molar-refractivity contribution is -0.116. The normalized spacial score (nSPS) is 17.2. The molecule has 1 unspecified atom stereocenters. The Morgan fingerprint density at radius 2 is 2.29 bits per heavy atom. The van der Waals surface area contributed by atoms with Crippen LogP contribution in [0.4, 0.5) is 0 Å². The number of hydrogen-bond acceptors (Lipinski definition) is 3. The van der Waals surface area contributed by atoms with E-state index in [4.69, 9.17) is 10.5 Å². The van der Waals surface area contributed by atoms with Gasteiger partial charge in [0.05, 0.1) is 12.9 Å². The number of Topliss-reactive ketones (excluding diaryl/α,β-unsaturated/α-hetero) is 1. The van der Waals surface area contributed by atoms with Gasteiger partial charge in [-0.1, -0.05) is 19.8 Å². The van der Waals surface area contributed by atoms with E-state index in [1.807, 2.05) is 0 Å². The van der Waals surface area contributed by atoms with E-state index in [9.17, 15) is 4.79 Å². The van der Waals surface area contributed by atoms with Gasteiger partial charge in [0.15, 0.2) is 5.78 Å². The maximum absolute atomic E-state index is 11.9. The third-order valence-electron chi connectivity index (χ3n) is 3.34. The molecule has 0 bridgehead atoms. The Kier molecular flexibility index (Phi) is 6.94.